The van der Waals surface area contributed by atoms with Gasteiger partial charge in [-0.05, 0) is 24.2 Å². The van der Waals surface area contributed by atoms with Crippen molar-refractivity contribution in [1.29, 1.82) is 0 Å². The number of ether oxygens (including phenoxy) is 1. The lowest BCUT2D eigenvalue weighted by molar-refractivity contribution is -0.120. The highest BCUT2D eigenvalue weighted by Crippen LogP contribution is 2.38. The Kier molecular flexibility index (Phi) is 2.28. The Morgan fingerprint density at radius 3 is 3.00 bits per heavy atom. The van der Waals surface area contributed by atoms with Crippen LogP contribution in [-0.2, 0) is 9.53 Å². The second-order valence-electron chi connectivity index (χ2n) is 4.52. The third-order valence-corrected chi connectivity index (χ3v) is 3.40. The summed E-state index contributed by atoms with van der Waals surface area (Å²) < 4.78 is 5.46. The molecule has 1 amide bonds. The Labute approximate surface area is 78.8 Å². The average molecular weight is 183 g/mol. The van der Waals surface area contributed by atoms with Crippen LogP contribution in [0, 0.1) is 11.3 Å². The summed E-state index contributed by atoms with van der Waals surface area (Å²) in [6.07, 6.45) is 3.04. The molecule has 0 aromatic carbocycles. The zero-order chi connectivity index (χ0) is 9.31. The zero-order valence-electron chi connectivity index (χ0n) is 8.14. The Balaban J connectivity index is 2.01. The van der Waals surface area contributed by atoms with E-state index >= 15 is 0 Å². The molecule has 2 saturated heterocycles. The molecule has 2 rings (SSSR count). The van der Waals surface area contributed by atoms with Gasteiger partial charge in [-0.15, -0.1) is 0 Å². The molecule has 2 aliphatic rings. The smallest absolute Gasteiger partial charge is 0.220 e. The second-order valence-corrected chi connectivity index (χ2v) is 4.52. The van der Waals surface area contributed by atoms with E-state index in [0.717, 1.165) is 26.2 Å². The fourth-order valence-corrected chi connectivity index (χ4v) is 2.37. The van der Waals surface area contributed by atoms with E-state index in [2.05, 4.69) is 12.2 Å². The first kappa shape index (κ1) is 9.00. The number of carbonyl (C=O) groups is 1. The molecule has 2 unspecified atom stereocenters. The average Bonchev–Trinajstić information content (AvgIpc) is 2.49. The number of carbonyl (C=O) groups excluding carboxylic acids is 1. The van der Waals surface area contributed by atoms with Gasteiger partial charge in [0.1, 0.15) is 0 Å². The Bertz CT molecular complexity index is 211. The van der Waals surface area contributed by atoms with Crippen molar-refractivity contribution in [2.45, 2.75) is 26.2 Å². The van der Waals surface area contributed by atoms with Crippen molar-refractivity contribution in [1.82, 2.24) is 5.32 Å². The molecule has 2 heterocycles. The normalized spacial score (nSPS) is 40.4. The third-order valence-electron chi connectivity index (χ3n) is 3.40. The number of rotatable bonds is 1. The molecule has 0 aliphatic carbocycles. The van der Waals surface area contributed by atoms with Gasteiger partial charge in [0.15, 0.2) is 0 Å². The summed E-state index contributed by atoms with van der Waals surface area (Å²) in [5.74, 6) is 0.772. The molecular weight excluding hydrogens is 166 g/mol. The fraction of sp³-hybridized carbons (Fsp3) is 0.900. The highest BCUT2D eigenvalue weighted by molar-refractivity contribution is 5.79. The topological polar surface area (TPSA) is 38.3 Å². The van der Waals surface area contributed by atoms with E-state index in [9.17, 15) is 4.79 Å². The Morgan fingerprint density at radius 1 is 1.62 bits per heavy atom. The van der Waals surface area contributed by atoms with Crippen LogP contribution in [-0.4, -0.2) is 25.7 Å². The van der Waals surface area contributed by atoms with Gasteiger partial charge in [0.05, 0.1) is 0 Å². The molecule has 0 bridgehead atoms. The van der Waals surface area contributed by atoms with E-state index in [1.54, 1.807) is 0 Å². The summed E-state index contributed by atoms with van der Waals surface area (Å²) in [6, 6.07) is 0. The summed E-state index contributed by atoms with van der Waals surface area (Å²) in [6.45, 7) is 4.77. The largest absolute Gasteiger partial charge is 0.381 e. The van der Waals surface area contributed by atoms with E-state index in [1.807, 2.05) is 0 Å². The van der Waals surface area contributed by atoms with Gasteiger partial charge in [-0.1, -0.05) is 6.92 Å². The molecule has 0 spiro atoms. The third kappa shape index (κ3) is 1.70. The molecule has 3 nitrogen and oxygen atoms in total. The van der Waals surface area contributed by atoms with Crippen LogP contribution in [0.2, 0.25) is 0 Å². The first-order valence-electron chi connectivity index (χ1n) is 5.05. The number of hydrogen-bond acceptors (Lipinski definition) is 2. The van der Waals surface area contributed by atoms with Crippen molar-refractivity contribution >= 4 is 5.91 Å². The summed E-state index contributed by atoms with van der Waals surface area (Å²) >= 11 is 0. The van der Waals surface area contributed by atoms with E-state index in [1.165, 1.54) is 6.42 Å². The van der Waals surface area contributed by atoms with Crippen LogP contribution in [0.25, 0.3) is 0 Å². The van der Waals surface area contributed by atoms with Crippen LogP contribution >= 0.6 is 0 Å². The minimum atomic E-state index is 0.150. The van der Waals surface area contributed by atoms with E-state index in [-0.39, 0.29) is 11.3 Å². The highest BCUT2D eigenvalue weighted by Gasteiger charge is 2.41. The monoisotopic (exact) mass is 183 g/mol. The van der Waals surface area contributed by atoms with Gasteiger partial charge in [0.25, 0.3) is 0 Å². The van der Waals surface area contributed by atoms with Gasteiger partial charge >= 0.3 is 0 Å². The minimum Gasteiger partial charge on any atom is -0.381 e. The SMILES string of the molecule is CC1(C2CCCOC2)CNC(=O)C1. The predicted molar refractivity (Wildman–Crippen MR) is 49.3 cm³/mol. The van der Waals surface area contributed by atoms with Crippen molar-refractivity contribution in [3.8, 4) is 0 Å². The molecule has 0 aromatic heterocycles. The zero-order valence-corrected chi connectivity index (χ0v) is 8.14. The first-order chi connectivity index (χ1) is 6.21. The van der Waals surface area contributed by atoms with Crippen LogP contribution < -0.4 is 5.32 Å². The summed E-state index contributed by atoms with van der Waals surface area (Å²) in [5.41, 5.74) is 0.150. The Hall–Kier alpha value is -0.570. The van der Waals surface area contributed by atoms with Crippen molar-refractivity contribution < 1.29 is 9.53 Å². The van der Waals surface area contributed by atoms with Crippen LogP contribution in [0.15, 0.2) is 0 Å². The maximum atomic E-state index is 11.1. The first-order valence-corrected chi connectivity index (χ1v) is 5.05. The molecule has 13 heavy (non-hydrogen) atoms. The molecular formula is C10H17NO2. The standard InChI is InChI=1S/C10H17NO2/c1-10(5-9(12)11-7-10)8-3-2-4-13-6-8/h8H,2-7H2,1H3,(H,11,12). The summed E-state index contributed by atoms with van der Waals surface area (Å²) in [7, 11) is 0. The predicted octanol–water partition coefficient (Wildman–Crippen LogP) is 0.939. The number of nitrogens with one attached hydrogen (secondary N) is 1. The quantitative estimate of drug-likeness (QED) is 0.657. The summed E-state index contributed by atoms with van der Waals surface area (Å²) in [5, 5.41) is 2.91. The van der Waals surface area contributed by atoms with Gasteiger partial charge in [-0.25, -0.2) is 0 Å². The van der Waals surface area contributed by atoms with E-state index in [0.29, 0.717) is 12.3 Å². The van der Waals surface area contributed by atoms with Crippen molar-refractivity contribution in [2.24, 2.45) is 11.3 Å². The molecule has 3 heteroatoms. The molecule has 2 fully saturated rings. The van der Waals surface area contributed by atoms with Gasteiger partial charge in [0, 0.05) is 26.2 Å². The molecule has 0 saturated carbocycles. The van der Waals surface area contributed by atoms with E-state index < -0.39 is 0 Å². The highest BCUT2D eigenvalue weighted by atomic mass is 16.5. The lowest BCUT2D eigenvalue weighted by atomic mass is 9.74. The number of hydrogen-bond donors (Lipinski definition) is 1. The molecule has 74 valence electrons. The minimum absolute atomic E-state index is 0.150. The maximum Gasteiger partial charge on any atom is 0.220 e. The van der Waals surface area contributed by atoms with Gasteiger partial charge in [0.2, 0.25) is 5.91 Å². The Morgan fingerprint density at radius 2 is 2.46 bits per heavy atom. The number of amides is 1. The molecule has 2 atom stereocenters. The van der Waals surface area contributed by atoms with E-state index in [4.69, 9.17) is 4.74 Å². The van der Waals surface area contributed by atoms with Crippen molar-refractivity contribution in [2.75, 3.05) is 19.8 Å². The molecule has 0 radical (unpaired) electrons. The van der Waals surface area contributed by atoms with Gasteiger partial charge < -0.3 is 10.1 Å². The van der Waals surface area contributed by atoms with Crippen LogP contribution in [0.1, 0.15) is 26.2 Å². The van der Waals surface area contributed by atoms with Gasteiger partial charge in [-0.3, -0.25) is 4.79 Å². The maximum absolute atomic E-state index is 11.1. The lowest BCUT2D eigenvalue weighted by Gasteiger charge is -2.35. The van der Waals surface area contributed by atoms with Crippen LogP contribution in [0.3, 0.4) is 0 Å². The van der Waals surface area contributed by atoms with Crippen LogP contribution in [0.4, 0.5) is 0 Å². The lowest BCUT2D eigenvalue weighted by Crippen LogP contribution is -2.35. The van der Waals surface area contributed by atoms with Crippen molar-refractivity contribution in [3.63, 3.8) is 0 Å². The molecule has 1 N–H and O–H groups in total. The van der Waals surface area contributed by atoms with Gasteiger partial charge in [-0.2, -0.15) is 0 Å². The van der Waals surface area contributed by atoms with Crippen molar-refractivity contribution in [3.05, 3.63) is 0 Å². The fourth-order valence-electron chi connectivity index (χ4n) is 2.37. The molecule has 2 aliphatic heterocycles. The van der Waals surface area contributed by atoms with Crippen LogP contribution in [0.5, 0.6) is 0 Å². The second kappa shape index (κ2) is 3.29. The summed E-state index contributed by atoms with van der Waals surface area (Å²) in [4.78, 5) is 11.1. The molecule has 0 aromatic rings.